The minimum Gasteiger partial charge on any atom is -0.266 e. The molecule has 0 amide bonds. The van der Waals surface area contributed by atoms with E-state index in [9.17, 15) is 0 Å². The van der Waals surface area contributed by atoms with Crippen LogP contribution in [0, 0.1) is 0 Å². The summed E-state index contributed by atoms with van der Waals surface area (Å²) in [4.78, 5) is 4.26. The fourth-order valence-corrected chi connectivity index (χ4v) is 0.408. The van der Waals surface area contributed by atoms with Crippen molar-refractivity contribution in [1.29, 1.82) is 0 Å². The van der Waals surface area contributed by atoms with Gasteiger partial charge in [0.1, 0.15) is 0 Å². The van der Waals surface area contributed by atoms with Crippen LogP contribution in [0.1, 0.15) is 34.1 Å². The van der Waals surface area contributed by atoms with Crippen LogP contribution in [-0.2, 0) is 0 Å². The fourth-order valence-electron chi connectivity index (χ4n) is 0.408. The lowest BCUT2D eigenvalue weighted by molar-refractivity contribution is 1.24. The van der Waals surface area contributed by atoms with Gasteiger partial charge in [-0.1, -0.05) is 19.1 Å². The third-order valence-electron chi connectivity index (χ3n) is 1.66. The lowest BCUT2D eigenvalue weighted by Gasteiger charge is -1.95. The van der Waals surface area contributed by atoms with Gasteiger partial charge in [0, 0.05) is 11.9 Å². The van der Waals surface area contributed by atoms with E-state index < -0.39 is 0 Å². The maximum absolute atomic E-state index is 4.26. The smallest absolute Gasteiger partial charge is 0.0298 e. The molecule has 0 aliphatic carbocycles. The summed E-state index contributed by atoms with van der Waals surface area (Å²) in [6, 6.07) is 0. The molecule has 0 aliphatic rings. The Morgan fingerprint density at radius 2 is 1.91 bits per heavy atom. The monoisotopic (exact) mass is 151 g/mol. The molecule has 0 unspecified atom stereocenters. The van der Waals surface area contributed by atoms with Crippen LogP contribution in [0.3, 0.4) is 0 Å². The first-order valence-corrected chi connectivity index (χ1v) is 3.93. The molecule has 0 heterocycles. The molecule has 0 fully saturated rings. The first-order valence-electron chi connectivity index (χ1n) is 3.93. The highest BCUT2D eigenvalue weighted by molar-refractivity contribution is 5.82. The molecule has 0 aromatic heterocycles. The molecule has 0 spiro atoms. The average molecular weight is 151 g/mol. The molecule has 0 N–H and O–H groups in total. The van der Waals surface area contributed by atoms with Crippen LogP contribution >= 0.6 is 0 Å². The van der Waals surface area contributed by atoms with Gasteiger partial charge < -0.3 is 0 Å². The lowest BCUT2D eigenvalue weighted by Crippen LogP contribution is -1.85. The van der Waals surface area contributed by atoms with Crippen molar-refractivity contribution in [3.05, 3.63) is 23.9 Å². The van der Waals surface area contributed by atoms with Crippen LogP contribution < -0.4 is 0 Å². The summed E-state index contributed by atoms with van der Waals surface area (Å²) in [5.41, 5.74) is 3.39. The number of allylic oxidation sites excluding steroid dienone is 2. The van der Waals surface area contributed by atoms with Crippen molar-refractivity contribution in [2.45, 2.75) is 34.1 Å². The van der Waals surface area contributed by atoms with E-state index in [1.807, 2.05) is 27.0 Å². The number of aliphatic imine (C=N–C) groups is 1. The fraction of sp³-hybridized carbons (Fsp3) is 0.500. The quantitative estimate of drug-likeness (QED) is 0.433. The highest BCUT2D eigenvalue weighted by atomic mass is 14.7. The molecule has 0 saturated heterocycles. The Hall–Kier alpha value is -0.850. The molecule has 62 valence electrons. The summed E-state index contributed by atoms with van der Waals surface area (Å²) < 4.78 is 0. The van der Waals surface area contributed by atoms with Gasteiger partial charge in [0.05, 0.1) is 0 Å². The van der Waals surface area contributed by atoms with Crippen LogP contribution in [0.25, 0.3) is 0 Å². The molecule has 11 heavy (non-hydrogen) atoms. The molecule has 0 aromatic rings. The van der Waals surface area contributed by atoms with Crippen LogP contribution in [0.5, 0.6) is 0 Å². The first kappa shape index (κ1) is 10.2. The molecule has 0 aromatic carbocycles. The Labute approximate surface area is 69.5 Å². The third kappa shape index (κ3) is 4.54. The molecule has 1 heteroatoms. The number of hydrogen-bond donors (Lipinski definition) is 0. The Kier molecular flexibility index (Phi) is 4.51. The average Bonchev–Trinajstić information content (AvgIpc) is 1.99. The van der Waals surface area contributed by atoms with Crippen molar-refractivity contribution in [3.63, 3.8) is 0 Å². The summed E-state index contributed by atoms with van der Waals surface area (Å²) >= 11 is 0. The van der Waals surface area contributed by atoms with Gasteiger partial charge in [-0.25, -0.2) is 0 Å². The highest BCUT2D eigenvalue weighted by Gasteiger charge is 1.87. The standard InChI is InChI=1S/C10H17N/c1-6-10(5)11-7-9(4)8(2)3/h7H,2,6H2,1,3-5H3/b9-7-,11-10+. The number of rotatable bonds is 3. The van der Waals surface area contributed by atoms with Gasteiger partial charge in [-0.2, -0.15) is 0 Å². The summed E-state index contributed by atoms with van der Waals surface area (Å²) in [6.07, 6.45) is 2.89. The van der Waals surface area contributed by atoms with E-state index in [0.717, 1.165) is 23.3 Å². The minimum atomic E-state index is 1.01. The molecule has 0 radical (unpaired) electrons. The Morgan fingerprint density at radius 3 is 2.27 bits per heavy atom. The normalized spacial score (nSPS) is 13.5. The second kappa shape index (κ2) is 4.89. The van der Waals surface area contributed by atoms with Crippen molar-refractivity contribution >= 4 is 5.71 Å². The van der Waals surface area contributed by atoms with E-state index in [2.05, 4.69) is 18.5 Å². The summed E-state index contributed by atoms with van der Waals surface area (Å²) in [5.74, 6) is 0. The molecular formula is C10H17N. The maximum Gasteiger partial charge on any atom is 0.0298 e. The summed E-state index contributed by atoms with van der Waals surface area (Å²) in [5, 5.41) is 0. The van der Waals surface area contributed by atoms with E-state index in [0.29, 0.717) is 0 Å². The van der Waals surface area contributed by atoms with Gasteiger partial charge in [0.2, 0.25) is 0 Å². The van der Waals surface area contributed by atoms with Gasteiger partial charge in [-0.15, -0.1) is 0 Å². The van der Waals surface area contributed by atoms with Crippen molar-refractivity contribution in [3.8, 4) is 0 Å². The number of hydrogen-bond acceptors (Lipinski definition) is 1. The topological polar surface area (TPSA) is 12.4 Å². The summed E-state index contributed by atoms with van der Waals surface area (Å²) in [6.45, 7) is 12.0. The van der Waals surface area contributed by atoms with E-state index in [1.54, 1.807) is 0 Å². The van der Waals surface area contributed by atoms with E-state index in [1.165, 1.54) is 0 Å². The maximum atomic E-state index is 4.26. The first-order chi connectivity index (χ1) is 5.07. The second-order valence-electron chi connectivity index (χ2n) is 2.81. The van der Waals surface area contributed by atoms with Gasteiger partial charge in [0.25, 0.3) is 0 Å². The van der Waals surface area contributed by atoms with Crippen LogP contribution in [0.4, 0.5) is 0 Å². The zero-order chi connectivity index (χ0) is 8.85. The zero-order valence-electron chi connectivity index (χ0n) is 7.94. The van der Waals surface area contributed by atoms with Gasteiger partial charge in [-0.3, -0.25) is 4.99 Å². The SMILES string of the molecule is C=C(C)/C(C)=C\N=C(/C)CC. The Balaban J connectivity index is 4.22. The van der Waals surface area contributed by atoms with Crippen LogP contribution in [0.15, 0.2) is 28.9 Å². The number of nitrogens with zero attached hydrogens (tertiary/aromatic N) is 1. The van der Waals surface area contributed by atoms with Gasteiger partial charge >= 0.3 is 0 Å². The minimum absolute atomic E-state index is 1.01. The van der Waals surface area contributed by atoms with Crippen LogP contribution in [0.2, 0.25) is 0 Å². The van der Waals surface area contributed by atoms with Gasteiger partial charge in [-0.05, 0) is 32.8 Å². The van der Waals surface area contributed by atoms with E-state index in [4.69, 9.17) is 0 Å². The van der Waals surface area contributed by atoms with Crippen molar-refractivity contribution in [1.82, 2.24) is 0 Å². The van der Waals surface area contributed by atoms with Gasteiger partial charge in [0.15, 0.2) is 0 Å². The Morgan fingerprint density at radius 1 is 1.36 bits per heavy atom. The predicted octanol–water partition coefficient (Wildman–Crippen LogP) is 3.34. The highest BCUT2D eigenvalue weighted by Crippen LogP contribution is 2.04. The molecule has 0 aliphatic heterocycles. The predicted molar refractivity (Wildman–Crippen MR) is 52.0 cm³/mol. The Bertz CT molecular complexity index is 197. The zero-order valence-corrected chi connectivity index (χ0v) is 7.94. The van der Waals surface area contributed by atoms with E-state index >= 15 is 0 Å². The molecule has 0 atom stereocenters. The van der Waals surface area contributed by atoms with E-state index in [-0.39, 0.29) is 0 Å². The van der Waals surface area contributed by atoms with Crippen LogP contribution in [-0.4, -0.2) is 5.71 Å². The van der Waals surface area contributed by atoms with Crippen molar-refractivity contribution in [2.24, 2.45) is 4.99 Å². The van der Waals surface area contributed by atoms with Crippen molar-refractivity contribution in [2.75, 3.05) is 0 Å². The molecule has 1 nitrogen and oxygen atoms in total. The largest absolute Gasteiger partial charge is 0.266 e. The molecule has 0 saturated carbocycles. The summed E-state index contributed by atoms with van der Waals surface area (Å²) in [7, 11) is 0. The molecule has 0 bridgehead atoms. The molecular weight excluding hydrogens is 134 g/mol. The lowest BCUT2D eigenvalue weighted by atomic mass is 10.2. The third-order valence-corrected chi connectivity index (χ3v) is 1.66. The van der Waals surface area contributed by atoms with Crippen molar-refractivity contribution < 1.29 is 0 Å². The second-order valence-corrected chi connectivity index (χ2v) is 2.81. The molecule has 0 rings (SSSR count).